The molecule has 7 heteroatoms. The number of nitrogens with one attached hydrogen (secondary N) is 2. The lowest BCUT2D eigenvalue weighted by molar-refractivity contribution is -0.124. The van der Waals surface area contributed by atoms with Crippen LogP contribution in [0.4, 0.5) is 5.69 Å². The highest BCUT2D eigenvalue weighted by Gasteiger charge is 2.11. The van der Waals surface area contributed by atoms with Gasteiger partial charge < -0.3 is 10.1 Å². The number of hydrogen-bond donors (Lipinski definition) is 2. The van der Waals surface area contributed by atoms with Gasteiger partial charge in [-0.25, -0.2) is 5.43 Å². The van der Waals surface area contributed by atoms with Crippen molar-refractivity contribution in [2.24, 2.45) is 5.10 Å². The number of rotatable bonds is 8. The molecule has 0 bridgehead atoms. The smallest absolute Gasteiger partial charge is 0.240 e. The van der Waals surface area contributed by atoms with Crippen LogP contribution in [0.25, 0.3) is 0 Å². The Morgan fingerprint density at radius 2 is 1.86 bits per heavy atom. The highest BCUT2D eigenvalue weighted by atomic mass is 35.5. The number of carbonyl (C=O) groups is 2. The predicted octanol–water partition coefficient (Wildman–Crippen LogP) is 4.65. The minimum atomic E-state index is -0.342. The maximum absolute atomic E-state index is 12.0. The van der Waals surface area contributed by atoms with E-state index in [0.29, 0.717) is 16.6 Å². The van der Waals surface area contributed by atoms with Crippen molar-refractivity contribution in [3.8, 4) is 5.75 Å². The van der Waals surface area contributed by atoms with Gasteiger partial charge >= 0.3 is 0 Å². The van der Waals surface area contributed by atoms with Crippen LogP contribution >= 0.6 is 11.6 Å². The van der Waals surface area contributed by atoms with Gasteiger partial charge in [-0.3, -0.25) is 9.59 Å². The summed E-state index contributed by atoms with van der Waals surface area (Å²) in [4.78, 5) is 23.9. The average Bonchev–Trinajstić information content (AvgIpc) is 2.68. The summed E-state index contributed by atoms with van der Waals surface area (Å²) in [6.07, 6.45) is 1.65. The van der Waals surface area contributed by atoms with E-state index in [2.05, 4.69) is 29.7 Å². The molecule has 0 saturated heterocycles. The van der Waals surface area contributed by atoms with Crippen LogP contribution in [0, 0.1) is 6.92 Å². The molecular weight excluding hydrogens is 390 g/mol. The molecule has 0 aliphatic heterocycles. The second-order valence-electron chi connectivity index (χ2n) is 6.93. The number of benzene rings is 2. The molecule has 0 saturated carbocycles. The zero-order chi connectivity index (χ0) is 21.4. The zero-order valence-corrected chi connectivity index (χ0v) is 17.8. The summed E-state index contributed by atoms with van der Waals surface area (Å²) in [5, 5.41) is 7.15. The monoisotopic (exact) mass is 415 g/mol. The number of para-hydroxylation sites is 1. The fraction of sp³-hybridized carbons (Fsp3) is 0.318. The van der Waals surface area contributed by atoms with Crippen LogP contribution < -0.4 is 15.5 Å². The second-order valence-corrected chi connectivity index (χ2v) is 7.33. The van der Waals surface area contributed by atoms with Crippen LogP contribution in [-0.2, 0) is 9.59 Å². The molecule has 0 atom stereocenters. The molecule has 0 radical (unpaired) electrons. The van der Waals surface area contributed by atoms with Crippen LogP contribution in [0.5, 0.6) is 5.75 Å². The van der Waals surface area contributed by atoms with Gasteiger partial charge in [-0.15, -0.1) is 0 Å². The quantitative estimate of drug-likeness (QED) is 0.486. The maximum Gasteiger partial charge on any atom is 0.240 e. The first kappa shape index (κ1) is 22.4. The largest absolute Gasteiger partial charge is 0.496 e. The van der Waals surface area contributed by atoms with Gasteiger partial charge in [0.25, 0.3) is 0 Å². The molecule has 0 unspecified atom stereocenters. The summed E-state index contributed by atoms with van der Waals surface area (Å²) < 4.78 is 5.43. The summed E-state index contributed by atoms with van der Waals surface area (Å²) in [5.74, 6) is 0.503. The molecule has 0 spiro atoms. The molecule has 2 aromatic carbocycles. The molecule has 0 aromatic heterocycles. The highest BCUT2D eigenvalue weighted by Crippen LogP contribution is 2.29. The number of ether oxygens (including phenoxy) is 1. The molecule has 2 amide bonds. The molecule has 154 valence electrons. The molecule has 6 nitrogen and oxygen atoms in total. The molecule has 2 N–H and O–H groups in total. The number of methoxy groups -OCH3 is 1. The Balaban J connectivity index is 1.89. The standard InChI is InChI=1S/C22H26ClN3O3/c1-14(2)17-12-16(15(3)11-20(17)29-4)13-24-26-22(28)10-9-21(27)25-19-8-6-5-7-18(19)23/h5-8,11-14H,9-10H2,1-4H3,(H,25,27)(H,26,28). The predicted molar refractivity (Wildman–Crippen MR) is 117 cm³/mol. The Morgan fingerprint density at radius 1 is 1.17 bits per heavy atom. The third-order valence-corrected chi connectivity index (χ3v) is 4.69. The third-order valence-electron chi connectivity index (χ3n) is 4.36. The van der Waals surface area contributed by atoms with Crippen molar-refractivity contribution in [2.45, 2.75) is 39.5 Å². The Hall–Kier alpha value is -2.86. The Bertz CT molecular complexity index is 910. The van der Waals surface area contributed by atoms with Crippen molar-refractivity contribution in [2.75, 3.05) is 12.4 Å². The number of carbonyl (C=O) groups excluding carboxylic acids is 2. The van der Waals surface area contributed by atoms with E-state index in [4.69, 9.17) is 16.3 Å². The number of hydrazone groups is 1. The van der Waals surface area contributed by atoms with Gasteiger partial charge in [0.1, 0.15) is 5.75 Å². The van der Waals surface area contributed by atoms with Crippen molar-refractivity contribution in [3.63, 3.8) is 0 Å². The molecule has 0 heterocycles. The van der Waals surface area contributed by atoms with Crippen molar-refractivity contribution in [1.29, 1.82) is 0 Å². The minimum absolute atomic E-state index is 0.0203. The lowest BCUT2D eigenvalue weighted by Crippen LogP contribution is -2.20. The van der Waals surface area contributed by atoms with E-state index in [1.165, 1.54) is 0 Å². The Morgan fingerprint density at radius 3 is 2.52 bits per heavy atom. The topological polar surface area (TPSA) is 79.8 Å². The number of hydrogen-bond acceptors (Lipinski definition) is 4. The van der Waals surface area contributed by atoms with E-state index >= 15 is 0 Å². The van der Waals surface area contributed by atoms with Crippen molar-refractivity contribution in [1.82, 2.24) is 5.43 Å². The summed E-state index contributed by atoms with van der Waals surface area (Å²) in [5.41, 5.74) is 5.94. The summed E-state index contributed by atoms with van der Waals surface area (Å²) in [6, 6.07) is 10.9. The second kappa shape index (κ2) is 10.6. The van der Waals surface area contributed by atoms with E-state index in [1.54, 1.807) is 37.6 Å². The average molecular weight is 416 g/mol. The van der Waals surface area contributed by atoms with Crippen molar-refractivity contribution in [3.05, 3.63) is 58.1 Å². The van der Waals surface area contributed by atoms with E-state index in [9.17, 15) is 9.59 Å². The number of amides is 2. The first-order valence-electron chi connectivity index (χ1n) is 9.36. The lowest BCUT2D eigenvalue weighted by atomic mass is 9.97. The van der Waals surface area contributed by atoms with Gasteiger partial charge in [-0.05, 0) is 53.8 Å². The fourth-order valence-corrected chi connectivity index (χ4v) is 2.90. The van der Waals surface area contributed by atoms with Crippen LogP contribution in [0.2, 0.25) is 5.02 Å². The van der Waals surface area contributed by atoms with E-state index in [0.717, 1.165) is 22.4 Å². The normalized spacial score (nSPS) is 11.0. The molecule has 2 rings (SSSR count). The lowest BCUT2D eigenvalue weighted by Gasteiger charge is -2.14. The molecule has 29 heavy (non-hydrogen) atoms. The third kappa shape index (κ3) is 6.61. The van der Waals surface area contributed by atoms with E-state index in [-0.39, 0.29) is 24.7 Å². The van der Waals surface area contributed by atoms with Crippen molar-refractivity contribution < 1.29 is 14.3 Å². The molecule has 0 aliphatic carbocycles. The van der Waals surface area contributed by atoms with E-state index < -0.39 is 0 Å². The fourth-order valence-electron chi connectivity index (χ4n) is 2.71. The SMILES string of the molecule is COc1cc(C)c(C=NNC(=O)CCC(=O)Nc2ccccc2Cl)cc1C(C)C. The van der Waals surface area contributed by atoms with Crippen molar-refractivity contribution >= 4 is 35.3 Å². The number of nitrogens with zero attached hydrogens (tertiary/aromatic N) is 1. The number of anilines is 1. The van der Waals surface area contributed by atoms with Gasteiger partial charge in [0, 0.05) is 12.8 Å². The first-order valence-corrected chi connectivity index (χ1v) is 9.74. The van der Waals surface area contributed by atoms with Crippen LogP contribution in [0.15, 0.2) is 41.5 Å². The first-order chi connectivity index (χ1) is 13.8. The molecule has 0 fully saturated rings. The number of aryl methyl sites for hydroxylation is 1. The van der Waals surface area contributed by atoms with Gasteiger partial charge in [0.2, 0.25) is 11.8 Å². The summed E-state index contributed by atoms with van der Waals surface area (Å²) in [6.45, 7) is 6.13. The van der Waals surface area contributed by atoms with Crippen LogP contribution in [-0.4, -0.2) is 25.1 Å². The van der Waals surface area contributed by atoms with Gasteiger partial charge in [-0.2, -0.15) is 5.10 Å². The van der Waals surface area contributed by atoms with E-state index in [1.807, 2.05) is 19.1 Å². The van der Waals surface area contributed by atoms with Gasteiger partial charge in [0.15, 0.2) is 0 Å². The molecular formula is C22H26ClN3O3. The Labute approximate surface area is 176 Å². The number of halogens is 1. The minimum Gasteiger partial charge on any atom is -0.496 e. The van der Waals surface area contributed by atoms with Gasteiger partial charge in [-0.1, -0.05) is 37.6 Å². The molecule has 2 aromatic rings. The van der Waals surface area contributed by atoms with Crippen LogP contribution in [0.1, 0.15) is 49.3 Å². The zero-order valence-electron chi connectivity index (χ0n) is 17.1. The maximum atomic E-state index is 12.0. The highest BCUT2D eigenvalue weighted by molar-refractivity contribution is 6.33. The van der Waals surface area contributed by atoms with Gasteiger partial charge in [0.05, 0.1) is 24.0 Å². The summed E-state index contributed by atoms with van der Waals surface area (Å²) >= 11 is 6.00. The molecule has 0 aliphatic rings. The summed E-state index contributed by atoms with van der Waals surface area (Å²) in [7, 11) is 1.65. The Kier molecular flexibility index (Phi) is 8.21. The van der Waals surface area contributed by atoms with Crippen LogP contribution in [0.3, 0.4) is 0 Å².